The second kappa shape index (κ2) is 7.56. The van der Waals surface area contributed by atoms with E-state index in [0.717, 1.165) is 30.7 Å². The Kier molecular flexibility index (Phi) is 5.57. The topological polar surface area (TPSA) is 72.3 Å². The summed E-state index contributed by atoms with van der Waals surface area (Å²) in [4.78, 5) is 0. The number of allylic oxidation sites excluding steroid dienone is 1. The minimum Gasteiger partial charge on any atom is -0.396 e. The molecule has 0 amide bonds. The zero-order chi connectivity index (χ0) is 24.0. The zero-order valence-electron chi connectivity index (χ0n) is 22.3. The average Bonchev–Trinajstić information content (AvgIpc) is 3.17. The molecule has 5 aliphatic carbocycles. The first kappa shape index (κ1) is 24.3. The Bertz CT molecular complexity index is 811. The van der Waals surface area contributed by atoms with E-state index in [9.17, 15) is 5.11 Å². The molecule has 5 saturated carbocycles. The maximum Gasteiger partial charge on any atom is 0.0502 e. The molecule has 5 fully saturated rings. The number of fused-ring (bicyclic) bond motifs is 7. The Hall–Kier alpha value is -0.380. The SMILES string of the molecule is C=C(C)[C@@H]1CC[C@]2(CN)CC[C@]3(C)[C@H](CC[C@@H]4[C@@]5(C)CCC(N)C(C)(CO)[C@@H]5CC[C@]43C)[C@@H]12. The molecule has 2 unspecified atom stereocenters. The molecule has 188 valence electrons. The summed E-state index contributed by atoms with van der Waals surface area (Å²) >= 11 is 0. The average molecular weight is 457 g/mol. The number of aliphatic hydroxyl groups excluding tert-OH is 1. The van der Waals surface area contributed by atoms with Crippen LogP contribution in [0.5, 0.6) is 0 Å². The molecule has 0 aromatic heterocycles. The summed E-state index contributed by atoms with van der Waals surface area (Å²) in [5, 5.41) is 10.5. The summed E-state index contributed by atoms with van der Waals surface area (Å²) in [6.45, 7) is 18.1. The van der Waals surface area contributed by atoms with Crippen molar-refractivity contribution in [1.82, 2.24) is 0 Å². The van der Waals surface area contributed by atoms with E-state index >= 15 is 0 Å². The molecule has 5 aliphatic rings. The van der Waals surface area contributed by atoms with Crippen molar-refractivity contribution in [1.29, 1.82) is 0 Å². The van der Waals surface area contributed by atoms with Crippen LogP contribution in [0.25, 0.3) is 0 Å². The van der Waals surface area contributed by atoms with E-state index in [1.807, 2.05) is 0 Å². The van der Waals surface area contributed by atoms with Gasteiger partial charge in [-0.2, -0.15) is 0 Å². The predicted molar refractivity (Wildman–Crippen MR) is 137 cm³/mol. The summed E-state index contributed by atoms with van der Waals surface area (Å²) in [6, 6.07) is 0.131. The molecule has 0 radical (unpaired) electrons. The zero-order valence-corrected chi connectivity index (χ0v) is 22.3. The fourth-order valence-corrected chi connectivity index (χ4v) is 11.7. The third-order valence-corrected chi connectivity index (χ3v) is 13.9. The highest BCUT2D eigenvalue weighted by Crippen LogP contribution is 2.77. The van der Waals surface area contributed by atoms with Gasteiger partial charge in [-0.05, 0) is 129 Å². The van der Waals surface area contributed by atoms with Crippen LogP contribution in [0.1, 0.15) is 98.8 Å². The molecule has 0 heterocycles. The minimum atomic E-state index is -0.135. The Morgan fingerprint density at radius 3 is 2.24 bits per heavy atom. The second-order valence-corrected chi connectivity index (χ2v) is 14.6. The largest absolute Gasteiger partial charge is 0.396 e. The van der Waals surface area contributed by atoms with Gasteiger partial charge in [0.1, 0.15) is 0 Å². The van der Waals surface area contributed by atoms with E-state index in [1.165, 1.54) is 63.4 Å². The number of hydrogen-bond acceptors (Lipinski definition) is 3. The van der Waals surface area contributed by atoms with Crippen LogP contribution < -0.4 is 11.5 Å². The van der Waals surface area contributed by atoms with Gasteiger partial charge in [-0.25, -0.2) is 0 Å². The van der Waals surface area contributed by atoms with Gasteiger partial charge >= 0.3 is 0 Å². The first-order valence-corrected chi connectivity index (χ1v) is 14.2. The first-order chi connectivity index (χ1) is 15.4. The molecule has 0 aromatic carbocycles. The maximum absolute atomic E-state index is 10.5. The lowest BCUT2D eigenvalue weighted by atomic mass is 9.32. The van der Waals surface area contributed by atoms with Crippen molar-refractivity contribution in [2.45, 2.75) is 105 Å². The van der Waals surface area contributed by atoms with Gasteiger partial charge in [-0.15, -0.1) is 0 Å². The van der Waals surface area contributed by atoms with Crippen LogP contribution in [0, 0.1) is 56.7 Å². The molecule has 11 atom stereocenters. The van der Waals surface area contributed by atoms with Crippen molar-refractivity contribution in [3.05, 3.63) is 12.2 Å². The van der Waals surface area contributed by atoms with E-state index in [-0.39, 0.29) is 18.1 Å². The quantitative estimate of drug-likeness (QED) is 0.463. The molecule has 5 N–H and O–H groups in total. The number of nitrogens with two attached hydrogens (primary N) is 2. The molecule has 0 saturated heterocycles. The maximum atomic E-state index is 10.5. The molecular weight excluding hydrogens is 404 g/mol. The van der Waals surface area contributed by atoms with Gasteiger partial charge < -0.3 is 16.6 Å². The van der Waals surface area contributed by atoms with Gasteiger partial charge in [-0.3, -0.25) is 0 Å². The smallest absolute Gasteiger partial charge is 0.0502 e. The Labute approximate surface area is 203 Å². The highest BCUT2D eigenvalue weighted by atomic mass is 16.3. The van der Waals surface area contributed by atoms with Gasteiger partial charge in [0.05, 0.1) is 6.61 Å². The number of aliphatic hydroxyl groups is 1. The van der Waals surface area contributed by atoms with Gasteiger partial charge in [0.15, 0.2) is 0 Å². The second-order valence-electron chi connectivity index (χ2n) is 14.6. The molecule has 33 heavy (non-hydrogen) atoms. The van der Waals surface area contributed by atoms with E-state index < -0.39 is 0 Å². The molecule has 0 spiro atoms. The highest BCUT2D eigenvalue weighted by Gasteiger charge is 2.70. The lowest BCUT2D eigenvalue weighted by Gasteiger charge is -2.73. The van der Waals surface area contributed by atoms with Crippen molar-refractivity contribution in [3.8, 4) is 0 Å². The Balaban J connectivity index is 1.55. The molecule has 5 rings (SSSR count). The van der Waals surface area contributed by atoms with Crippen LogP contribution in [0.2, 0.25) is 0 Å². The number of hydrogen-bond donors (Lipinski definition) is 3. The van der Waals surface area contributed by atoms with Crippen LogP contribution in [-0.4, -0.2) is 24.3 Å². The van der Waals surface area contributed by atoms with Crippen molar-refractivity contribution in [3.63, 3.8) is 0 Å². The normalized spacial score (nSPS) is 58.1. The summed E-state index contributed by atoms with van der Waals surface area (Å²) in [6.07, 6.45) is 12.8. The monoisotopic (exact) mass is 456 g/mol. The Morgan fingerprint density at radius 2 is 1.61 bits per heavy atom. The van der Waals surface area contributed by atoms with Gasteiger partial charge in [0.2, 0.25) is 0 Å². The van der Waals surface area contributed by atoms with Crippen LogP contribution in [0.4, 0.5) is 0 Å². The van der Waals surface area contributed by atoms with E-state index in [0.29, 0.717) is 33.5 Å². The summed E-state index contributed by atoms with van der Waals surface area (Å²) in [5.74, 6) is 3.44. The van der Waals surface area contributed by atoms with Crippen LogP contribution >= 0.6 is 0 Å². The summed E-state index contributed by atoms with van der Waals surface area (Å²) in [5.41, 5.74) is 15.9. The Morgan fingerprint density at radius 1 is 0.879 bits per heavy atom. The van der Waals surface area contributed by atoms with Crippen molar-refractivity contribution >= 4 is 0 Å². The van der Waals surface area contributed by atoms with E-state index in [4.69, 9.17) is 11.5 Å². The fraction of sp³-hybridized carbons (Fsp3) is 0.933. The molecule has 3 nitrogen and oxygen atoms in total. The van der Waals surface area contributed by atoms with E-state index in [2.05, 4.69) is 41.2 Å². The fourth-order valence-electron chi connectivity index (χ4n) is 11.7. The number of rotatable bonds is 3. The van der Waals surface area contributed by atoms with Crippen molar-refractivity contribution in [2.75, 3.05) is 13.2 Å². The molecule has 3 heteroatoms. The molecule has 0 bridgehead atoms. The lowest BCUT2D eigenvalue weighted by Crippen LogP contribution is -2.68. The third kappa shape index (κ3) is 2.85. The molecular formula is C30H52N2O. The van der Waals surface area contributed by atoms with Gasteiger partial charge in [0.25, 0.3) is 0 Å². The summed E-state index contributed by atoms with van der Waals surface area (Å²) < 4.78 is 0. The van der Waals surface area contributed by atoms with Crippen LogP contribution in [0.3, 0.4) is 0 Å². The molecule has 0 aliphatic heterocycles. The van der Waals surface area contributed by atoms with Crippen molar-refractivity contribution < 1.29 is 5.11 Å². The highest BCUT2D eigenvalue weighted by molar-refractivity contribution is 5.22. The predicted octanol–water partition coefficient (Wildman–Crippen LogP) is 5.90. The van der Waals surface area contributed by atoms with Gasteiger partial charge in [0, 0.05) is 11.5 Å². The summed E-state index contributed by atoms with van der Waals surface area (Å²) in [7, 11) is 0. The first-order valence-electron chi connectivity index (χ1n) is 14.2. The van der Waals surface area contributed by atoms with Crippen LogP contribution in [-0.2, 0) is 0 Å². The van der Waals surface area contributed by atoms with Crippen LogP contribution in [0.15, 0.2) is 12.2 Å². The van der Waals surface area contributed by atoms with E-state index in [1.54, 1.807) is 0 Å². The van der Waals surface area contributed by atoms with Gasteiger partial charge in [-0.1, -0.05) is 39.8 Å². The standard InChI is InChI=1S/C30H52N2O/c1-19(2)20-9-14-30(17-31)16-15-28(5)21(25(20)30)7-8-23-26(3)12-11-24(32)27(4,18-33)22(26)10-13-29(23,28)6/h20-25,33H,1,7-18,31-32H2,2-6H3/t20-,21+,22+,23+,24?,25+,26-,27?,28+,29+,30+/m0/s1. The third-order valence-electron chi connectivity index (χ3n) is 13.9. The minimum absolute atomic E-state index is 0.131. The molecule has 0 aromatic rings. The van der Waals surface area contributed by atoms with Crippen molar-refractivity contribution in [2.24, 2.45) is 68.1 Å². The lowest BCUT2D eigenvalue weighted by molar-refractivity contribution is -0.242.